The van der Waals surface area contributed by atoms with Gasteiger partial charge in [-0.1, -0.05) is 17.7 Å². The van der Waals surface area contributed by atoms with Crippen LogP contribution in [0.15, 0.2) is 29.2 Å². The van der Waals surface area contributed by atoms with E-state index in [4.69, 9.17) is 13.7 Å². The van der Waals surface area contributed by atoms with Gasteiger partial charge in [-0.2, -0.15) is 8.42 Å². The van der Waals surface area contributed by atoms with Gasteiger partial charge in [0.05, 0.1) is 31.3 Å². The van der Waals surface area contributed by atoms with Gasteiger partial charge in [-0.05, 0) is 26.0 Å². The summed E-state index contributed by atoms with van der Waals surface area (Å²) in [5.74, 6) is 0. The predicted molar refractivity (Wildman–Crippen MR) is 69.5 cm³/mol. The standard InChI is InChI=1S/C13H18O5S/c1-11-3-5-12(6-4-11)19(14,15)18-10-13(2)9-16-7-8-17-13/h3-6H,7-10H2,1-2H3. The molecule has 1 fully saturated rings. The summed E-state index contributed by atoms with van der Waals surface area (Å²) >= 11 is 0. The molecule has 0 amide bonds. The fourth-order valence-corrected chi connectivity index (χ4v) is 2.75. The fraction of sp³-hybridized carbons (Fsp3) is 0.538. The molecule has 0 bridgehead atoms. The van der Waals surface area contributed by atoms with Crippen LogP contribution < -0.4 is 0 Å². The lowest BCUT2D eigenvalue weighted by molar-refractivity contribution is -0.160. The smallest absolute Gasteiger partial charge is 0.297 e. The van der Waals surface area contributed by atoms with E-state index in [9.17, 15) is 8.42 Å². The lowest BCUT2D eigenvalue weighted by Gasteiger charge is -2.32. The van der Waals surface area contributed by atoms with E-state index in [2.05, 4.69) is 0 Å². The molecule has 5 nitrogen and oxygen atoms in total. The Morgan fingerprint density at radius 3 is 2.53 bits per heavy atom. The van der Waals surface area contributed by atoms with Gasteiger partial charge in [-0.3, -0.25) is 4.18 Å². The van der Waals surface area contributed by atoms with Gasteiger partial charge in [0.25, 0.3) is 10.1 Å². The first-order valence-electron chi connectivity index (χ1n) is 6.09. The molecule has 0 spiro atoms. The van der Waals surface area contributed by atoms with Gasteiger partial charge in [-0.15, -0.1) is 0 Å². The van der Waals surface area contributed by atoms with Crippen molar-refractivity contribution in [3.05, 3.63) is 29.8 Å². The van der Waals surface area contributed by atoms with Gasteiger partial charge in [0.1, 0.15) is 5.60 Å². The second kappa shape index (κ2) is 5.58. The van der Waals surface area contributed by atoms with Crippen molar-refractivity contribution in [2.45, 2.75) is 24.3 Å². The van der Waals surface area contributed by atoms with Gasteiger partial charge in [0, 0.05) is 0 Å². The van der Waals surface area contributed by atoms with Crippen LogP contribution in [0.3, 0.4) is 0 Å². The van der Waals surface area contributed by atoms with E-state index in [1.54, 1.807) is 19.1 Å². The van der Waals surface area contributed by atoms with Crippen molar-refractivity contribution in [1.82, 2.24) is 0 Å². The highest BCUT2D eigenvalue weighted by Gasteiger charge is 2.31. The van der Waals surface area contributed by atoms with Crippen LogP contribution in [0.2, 0.25) is 0 Å². The molecule has 1 aromatic carbocycles. The van der Waals surface area contributed by atoms with Crippen LogP contribution in [0.1, 0.15) is 12.5 Å². The van der Waals surface area contributed by atoms with Crippen molar-refractivity contribution >= 4 is 10.1 Å². The van der Waals surface area contributed by atoms with Crippen molar-refractivity contribution in [1.29, 1.82) is 0 Å². The average molecular weight is 286 g/mol. The van der Waals surface area contributed by atoms with E-state index >= 15 is 0 Å². The number of benzene rings is 1. The Morgan fingerprint density at radius 2 is 1.95 bits per heavy atom. The number of aryl methyl sites for hydroxylation is 1. The van der Waals surface area contributed by atoms with E-state index in [1.165, 1.54) is 12.1 Å². The van der Waals surface area contributed by atoms with Crippen LogP contribution in [0.5, 0.6) is 0 Å². The third-order valence-electron chi connectivity index (χ3n) is 2.91. The Bertz CT molecular complexity index is 514. The van der Waals surface area contributed by atoms with Crippen molar-refractivity contribution in [3.63, 3.8) is 0 Å². The van der Waals surface area contributed by atoms with E-state index in [1.807, 2.05) is 6.92 Å². The normalized spacial score (nSPS) is 24.3. The zero-order valence-electron chi connectivity index (χ0n) is 11.1. The summed E-state index contributed by atoms with van der Waals surface area (Å²) in [6.45, 7) is 4.92. The zero-order chi connectivity index (χ0) is 13.9. The molecule has 1 aliphatic heterocycles. The van der Waals surface area contributed by atoms with Crippen molar-refractivity contribution in [2.75, 3.05) is 26.4 Å². The Hall–Kier alpha value is -0.950. The molecule has 1 unspecified atom stereocenters. The molecule has 1 aliphatic rings. The van der Waals surface area contributed by atoms with E-state index < -0.39 is 15.7 Å². The fourth-order valence-electron chi connectivity index (χ4n) is 1.74. The minimum absolute atomic E-state index is 0.0524. The summed E-state index contributed by atoms with van der Waals surface area (Å²) in [7, 11) is -3.75. The second-order valence-corrected chi connectivity index (χ2v) is 6.50. The molecule has 1 aromatic rings. The molecule has 0 aliphatic carbocycles. The summed E-state index contributed by atoms with van der Waals surface area (Å²) in [4.78, 5) is 0.151. The number of hydrogen-bond acceptors (Lipinski definition) is 5. The van der Waals surface area contributed by atoms with Crippen LogP contribution in [0, 0.1) is 6.92 Å². The molecule has 1 saturated heterocycles. The second-order valence-electron chi connectivity index (χ2n) is 4.88. The Morgan fingerprint density at radius 1 is 1.26 bits per heavy atom. The summed E-state index contributed by atoms with van der Waals surface area (Å²) < 4.78 is 39.9. The van der Waals surface area contributed by atoms with E-state index in [-0.39, 0.29) is 11.5 Å². The molecular weight excluding hydrogens is 268 g/mol. The SMILES string of the molecule is Cc1ccc(S(=O)(=O)OCC2(C)COCCO2)cc1. The predicted octanol–water partition coefficient (Wildman–Crippen LogP) is 1.51. The average Bonchev–Trinajstić information content (AvgIpc) is 2.38. The van der Waals surface area contributed by atoms with Gasteiger partial charge >= 0.3 is 0 Å². The molecule has 19 heavy (non-hydrogen) atoms. The summed E-state index contributed by atoms with van der Waals surface area (Å²) in [5, 5.41) is 0. The van der Waals surface area contributed by atoms with Crippen LogP contribution in [0.4, 0.5) is 0 Å². The van der Waals surface area contributed by atoms with Crippen LogP contribution in [-0.2, 0) is 23.8 Å². The maximum atomic E-state index is 12.0. The van der Waals surface area contributed by atoms with Gasteiger partial charge < -0.3 is 9.47 Å². The molecular formula is C13H18O5S. The number of hydrogen-bond donors (Lipinski definition) is 0. The Labute approximate surface area is 113 Å². The quantitative estimate of drug-likeness (QED) is 0.785. The molecule has 1 heterocycles. The van der Waals surface area contributed by atoms with Gasteiger partial charge in [0.15, 0.2) is 0 Å². The largest absolute Gasteiger partial charge is 0.376 e. The monoisotopic (exact) mass is 286 g/mol. The van der Waals surface area contributed by atoms with Crippen molar-refractivity contribution in [2.24, 2.45) is 0 Å². The Kier molecular flexibility index (Phi) is 4.25. The van der Waals surface area contributed by atoms with E-state index in [0.29, 0.717) is 19.8 Å². The first kappa shape index (κ1) is 14.5. The van der Waals surface area contributed by atoms with Gasteiger partial charge in [-0.25, -0.2) is 0 Å². The van der Waals surface area contributed by atoms with Crippen molar-refractivity contribution < 1.29 is 22.1 Å². The summed E-state index contributed by atoms with van der Waals surface area (Å²) in [6, 6.07) is 6.53. The van der Waals surface area contributed by atoms with Crippen LogP contribution in [-0.4, -0.2) is 40.4 Å². The molecule has 106 valence electrons. The maximum absolute atomic E-state index is 12.0. The molecule has 2 rings (SSSR count). The maximum Gasteiger partial charge on any atom is 0.297 e. The molecule has 0 N–H and O–H groups in total. The first-order chi connectivity index (χ1) is 8.91. The molecule has 0 aromatic heterocycles. The lowest BCUT2D eigenvalue weighted by Crippen LogP contribution is -2.44. The minimum Gasteiger partial charge on any atom is -0.376 e. The number of rotatable bonds is 4. The van der Waals surface area contributed by atoms with Crippen LogP contribution in [0.25, 0.3) is 0 Å². The summed E-state index contributed by atoms with van der Waals surface area (Å²) in [6.07, 6.45) is 0. The van der Waals surface area contributed by atoms with Crippen molar-refractivity contribution in [3.8, 4) is 0 Å². The van der Waals surface area contributed by atoms with E-state index in [0.717, 1.165) is 5.56 Å². The topological polar surface area (TPSA) is 61.8 Å². The summed E-state index contributed by atoms with van der Waals surface area (Å²) in [5.41, 5.74) is 0.283. The molecule has 6 heteroatoms. The number of ether oxygens (including phenoxy) is 2. The first-order valence-corrected chi connectivity index (χ1v) is 7.50. The Balaban J connectivity index is 2.03. The van der Waals surface area contributed by atoms with Gasteiger partial charge in [0.2, 0.25) is 0 Å². The molecule has 0 radical (unpaired) electrons. The third-order valence-corrected chi connectivity index (χ3v) is 4.19. The highest BCUT2D eigenvalue weighted by atomic mass is 32.2. The van der Waals surface area contributed by atoms with Crippen LogP contribution >= 0.6 is 0 Å². The highest BCUT2D eigenvalue weighted by Crippen LogP contribution is 2.20. The molecule has 1 atom stereocenters. The minimum atomic E-state index is -3.75. The lowest BCUT2D eigenvalue weighted by atomic mass is 10.1. The third kappa shape index (κ3) is 3.76. The molecule has 0 saturated carbocycles. The zero-order valence-corrected chi connectivity index (χ0v) is 11.9. The highest BCUT2D eigenvalue weighted by molar-refractivity contribution is 7.86.